The molecule has 5 heteroatoms. The lowest BCUT2D eigenvalue weighted by molar-refractivity contribution is 0.206. The van der Waals surface area contributed by atoms with Gasteiger partial charge in [-0.2, -0.15) is 8.42 Å². The molecular weight excluding hydrogens is 190 g/mol. The highest BCUT2D eigenvalue weighted by molar-refractivity contribution is 7.85. The van der Waals surface area contributed by atoms with Crippen molar-refractivity contribution in [1.82, 2.24) is 4.90 Å². The molecule has 0 saturated carbocycles. The van der Waals surface area contributed by atoms with E-state index in [0.29, 0.717) is 12.3 Å². The number of likely N-dealkylation sites (tertiary alicyclic amines) is 1. The molecule has 0 aromatic carbocycles. The van der Waals surface area contributed by atoms with E-state index in [1.807, 2.05) is 7.05 Å². The molecular formula is C8H17NO3S. The Labute approximate surface area is 79.7 Å². The van der Waals surface area contributed by atoms with Crippen LogP contribution in [0.1, 0.15) is 19.3 Å². The zero-order valence-electron chi connectivity index (χ0n) is 7.94. The first-order chi connectivity index (χ1) is 5.97. The van der Waals surface area contributed by atoms with Crippen LogP contribution in [0.5, 0.6) is 0 Å². The molecule has 1 fully saturated rings. The van der Waals surface area contributed by atoms with Gasteiger partial charge in [-0.25, -0.2) is 0 Å². The predicted octanol–water partition coefficient (Wildman–Crippen LogP) is 0.606. The third kappa shape index (κ3) is 4.59. The molecule has 0 radical (unpaired) electrons. The second-order valence-electron chi connectivity index (χ2n) is 3.85. The largest absolute Gasteiger partial charge is 0.306 e. The van der Waals surface area contributed by atoms with Gasteiger partial charge in [-0.15, -0.1) is 0 Å². The van der Waals surface area contributed by atoms with Gasteiger partial charge < -0.3 is 4.90 Å². The van der Waals surface area contributed by atoms with Crippen molar-refractivity contribution in [2.75, 3.05) is 25.9 Å². The topological polar surface area (TPSA) is 57.6 Å². The Morgan fingerprint density at radius 1 is 1.54 bits per heavy atom. The summed E-state index contributed by atoms with van der Waals surface area (Å²) in [7, 11) is -1.72. The number of nitrogens with zero attached hydrogens (tertiary/aromatic N) is 1. The van der Waals surface area contributed by atoms with Gasteiger partial charge in [0.05, 0.1) is 5.75 Å². The zero-order valence-corrected chi connectivity index (χ0v) is 8.76. The molecule has 0 aromatic rings. The first kappa shape index (κ1) is 10.9. The van der Waals surface area contributed by atoms with Gasteiger partial charge in [0.2, 0.25) is 0 Å². The second-order valence-corrected chi connectivity index (χ2v) is 5.42. The highest BCUT2D eigenvalue weighted by atomic mass is 32.2. The third-order valence-corrected chi connectivity index (χ3v) is 3.26. The Morgan fingerprint density at radius 3 is 2.77 bits per heavy atom. The molecule has 1 saturated heterocycles. The van der Waals surface area contributed by atoms with Crippen molar-refractivity contribution < 1.29 is 13.0 Å². The van der Waals surface area contributed by atoms with Crippen LogP contribution < -0.4 is 0 Å². The van der Waals surface area contributed by atoms with Crippen molar-refractivity contribution in [2.24, 2.45) is 5.92 Å². The standard InChI is InChI=1S/C8H17NO3S/c1-9-5-2-3-8(7-9)4-6-13(10,11)12/h8H,2-7H2,1H3,(H,10,11,12). The molecule has 0 aliphatic carbocycles. The van der Waals surface area contributed by atoms with E-state index in [2.05, 4.69) is 4.90 Å². The first-order valence-corrected chi connectivity index (χ1v) is 6.22. The smallest absolute Gasteiger partial charge is 0.264 e. The molecule has 1 unspecified atom stereocenters. The number of hydrogen-bond acceptors (Lipinski definition) is 3. The fourth-order valence-corrected chi connectivity index (χ4v) is 2.46. The molecule has 13 heavy (non-hydrogen) atoms. The van der Waals surface area contributed by atoms with Gasteiger partial charge in [-0.1, -0.05) is 0 Å². The monoisotopic (exact) mass is 207 g/mol. The average molecular weight is 207 g/mol. The van der Waals surface area contributed by atoms with Crippen LogP contribution in [0.25, 0.3) is 0 Å². The van der Waals surface area contributed by atoms with Crippen molar-refractivity contribution >= 4 is 10.1 Å². The Morgan fingerprint density at radius 2 is 2.23 bits per heavy atom. The lowest BCUT2D eigenvalue weighted by Crippen LogP contribution is -2.32. The summed E-state index contributed by atoms with van der Waals surface area (Å²) in [5.41, 5.74) is 0. The average Bonchev–Trinajstić information content (AvgIpc) is 2.00. The molecule has 1 heterocycles. The minimum atomic E-state index is -3.76. The number of hydrogen-bond donors (Lipinski definition) is 1. The maximum absolute atomic E-state index is 10.5. The minimum absolute atomic E-state index is 0.0918. The Hall–Kier alpha value is -0.130. The van der Waals surface area contributed by atoms with Crippen molar-refractivity contribution in [3.63, 3.8) is 0 Å². The van der Waals surface area contributed by atoms with Gasteiger partial charge in [0.1, 0.15) is 0 Å². The van der Waals surface area contributed by atoms with Crippen LogP contribution in [0.15, 0.2) is 0 Å². The Kier molecular flexibility index (Phi) is 3.70. The molecule has 1 aliphatic heterocycles. The van der Waals surface area contributed by atoms with E-state index < -0.39 is 10.1 Å². The van der Waals surface area contributed by atoms with E-state index in [-0.39, 0.29) is 5.75 Å². The van der Waals surface area contributed by atoms with Gasteiger partial charge in [0.25, 0.3) is 10.1 Å². The SMILES string of the molecule is CN1CCCC(CCS(=O)(=O)O)C1. The molecule has 1 atom stereocenters. The van der Waals surface area contributed by atoms with Crippen LogP contribution in [-0.4, -0.2) is 43.8 Å². The molecule has 0 amide bonds. The van der Waals surface area contributed by atoms with E-state index in [1.165, 1.54) is 0 Å². The summed E-state index contributed by atoms with van der Waals surface area (Å²) >= 11 is 0. The lowest BCUT2D eigenvalue weighted by atomic mass is 9.96. The van der Waals surface area contributed by atoms with Crippen LogP contribution >= 0.6 is 0 Å². The molecule has 0 spiro atoms. The van der Waals surface area contributed by atoms with Gasteiger partial charge in [0.15, 0.2) is 0 Å². The summed E-state index contributed by atoms with van der Waals surface area (Å²) in [4.78, 5) is 2.21. The summed E-state index contributed by atoms with van der Waals surface area (Å²) < 4.78 is 29.6. The fraction of sp³-hybridized carbons (Fsp3) is 1.00. The van der Waals surface area contributed by atoms with Crippen LogP contribution in [0.4, 0.5) is 0 Å². The van der Waals surface area contributed by atoms with Gasteiger partial charge in [-0.05, 0) is 38.8 Å². The summed E-state index contributed by atoms with van der Waals surface area (Å²) in [5.74, 6) is 0.339. The second kappa shape index (κ2) is 4.39. The summed E-state index contributed by atoms with van der Waals surface area (Å²) in [6.07, 6.45) is 2.80. The van der Waals surface area contributed by atoms with Crippen molar-refractivity contribution in [1.29, 1.82) is 0 Å². The quantitative estimate of drug-likeness (QED) is 0.689. The van der Waals surface area contributed by atoms with Gasteiger partial charge in [0, 0.05) is 6.54 Å². The van der Waals surface area contributed by atoms with Crippen molar-refractivity contribution in [2.45, 2.75) is 19.3 Å². The van der Waals surface area contributed by atoms with Gasteiger partial charge in [-0.3, -0.25) is 4.55 Å². The highest BCUT2D eigenvalue weighted by Crippen LogP contribution is 2.18. The number of rotatable bonds is 3. The predicted molar refractivity (Wildman–Crippen MR) is 51.3 cm³/mol. The molecule has 1 N–H and O–H groups in total. The maximum atomic E-state index is 10.5. The normalized spacial score (nSPS) is 26.2. The fourth-order valence-electron chi connectivity index (χ4n) is 1.82. The molecule has 0 aromatic heterocycles. The van der Waals surface area contributed by atoms with Crippen LogP contribution in [-0.2, 0) is 10.1 Å². The van der Waals surface area contributed by atoms with Crippen LogP contribution in [0.3, 0.4) is 0 Å². The van der Waals surface area contributed by atoms with Crippen LogP contribution in [0.2, 0.25) is 0 Å². The molecule has 1 rings (SSSR count). The van der Waals surface area contributed by atoms with Crippen molar-refractivity contribution in [3.8, 4) is 0 Å². The maximum Gasteiger partial charge on any atom is 0.264 e. The lowest BCUT2D eigenvalue weighted by Gasteiger charge is -2.29. The Bertz CT molecular complexity index is 250. The van der Waals surface area contributed by atoms with Crippen molar-refractivity contribution in [3.05, 3.63) is 0 Å². The van der Waals surface area contributed by atoms with Crippen LogP contribution in [0, 0.1) is 5.92 Å². The summed E-state index contributed by atoms with van der Waals surface area (Å²) in [6, 6.07) is 0. The van der Waals surface area contributed by atoms with E-state index in [4.69, 9.17) is 4.55 Å². The van der Waals surface area contributed by atoms with E-state index in [1.54, 1.807) is 0 Å². The van der Waals surface area contributed by atoms with E-state index >= 15 is 0 Å². The molecule has 1 aliphatic rings. The Balaban J connectivity index is 2.29. The number of piperidine rings is 1. The molecule has 78 valence electrons. The molecule has 4 nitrogen and oxygen atoms in total. The third-order valence-electron chi connectivity index (χ3n) is 2.51. The highest BCUT2D eigenvalue weighted by Gasteiger charge is 2.18. The molecule has 0 bridgehead atoms. The zero-order chi connectivity index (χ0) is 9.90. The summed E-state index contributed by atoms with van der Waals surface area (Å²) in [5, 5.41) is 0. The summed E-state index contributed by atoms with van der Waals surface area (Å²) in [6.45, 7) is 2.05. The first-order valence-electron chi connectivity index (χ1n) is 4.61. The van der Waals surface area contributed by atoms with Gasteiger partial charge >= 0.3 is 0 Å². The minimum Gasteiger partial charge on any atom is -0.306 e. The van der Waals surface area contributed by atoms with E-state index in [0.717, 1.165) is 25.9 Å². The van der Waals surface area contributed by atoms with E-state index in [9.17, 15) is 8.42 Å².